The molecule has 1 aromatic heterocycles. The van der Waals surface area contributed by atoms with E-state index in [2.05, 4.69) is 15.5 Å². The maximum Gasteiger partial charge on any atom is 0.188 e. The topological polar surface area (TPSA) is 101 Å². The van der Waals surface area contributed by atoms with Crippen LogP contribution in [0.1, 0.15) is 18.2 Å². The van der Waals surface area contributed by atoms with Crippen molar-refractivity contribution in [3.05, 3.63) is 29.6 Å². The van der Waals surface area contributed by atoms with Crippen LogP contribution < -0.4 is 11.1 Å². The summed E-state index contributed by atoms with van der Waals surface area (Å²) in [5.74, 6) is -0.0140. The van der Waals surface area contributed by atoms with E-state index in [1.54, 1.807) is 18.5 Å². The van der Waals surface area contributed by atoms with Gasteiger partial charge in [0.05, 0.1) is 0 Å². The van der Waals surface area contributed by atoms with Crippen LogP contribution in [-0.4, -0.2) is 38.3 Å². The average molecular weight is 270 g/mol. The summed E-state index contributed by atoms with van der Waals surface area (Å²) in [7, 11) is -0.828. The Kier molecular flexibility index (Phi) is 5.73. The van der Waals surface area contributed by atoms with Crippen LogP contribution in [0.25, 0.3) is 0 Å². The number of aromatic nitrogens is 1. The number of nitrogens with two attached hydrogens (primary N) is 1. The van der Waals surface area contributed by atoms with Crippen molar-refractivity contribution in [2.75, 3.05) is 12.8 Å². The van der Waals surface area contributed by atoms with Gasteiger partial charge in [-0.1, -0.05) is 5.16 Å². The summed E-state index contributed by atoms with van der Waals surface area (Å²) >= 11 is 0. The van der Waals surface area contributed by atoms with Crippen molar-refractivity contribution in [1.82, 2.24) is 10.3 Å². The third kappa shape index (κ3) is 4.42. The number of nitrogens with zero attached hydrogens (tertiary/aromatic N) is 2. The molecule has 0 saturated heterocycles. The minimum Gasteiger partial charge on any atom is -0.409 e. The third-order valence-electron chi connectivity index (χ3n) is 2.52. The monoisotopic (exact) mass is 270 g/mol. The molecule has 0 aliphatic rings. The van der Waals surface area contributed by atoms with E-state index in [-0.39, 0.29) is 11.1 Å². The van der Waals surface area contributed by atoms with Crippen molar-refractivity contribution in [3.8, 4) is 0 Å². The highest BCUT2D eigenvalue weighted by molar-refractivity contribution is 7.84. The Morgan fingerprint density at radius 3 is 3.06 bits per heavy atom. The van der Waals surface area contributed by atoms with E-state index < -0.39 is 10.8 Å². The molecular weight excluding hydrogens is 252 g/mol. The first kappa shape index (κ1) is 14.6. The van der Waals surface area contributed by atoms with Crippen LogP contribution in [-0.2, 0) is 17.3 Å². The zero-order valence-electron chi connectivity index (χ0n) is 10.5. The van der Waals surface area contributed by atoms with Crippen LogP contribution in [0.2, 0.25) is 0 Å². The number of rotatable bonds is 6. The Morgan fingerprint density at radius 1 is 1.72 bits per heavy atom. The van der Waals surface area contributed by atoms with E-state index in [0.717, 1.165) is 5.56 Å². The van der Waals surface area contributed by atoms with E-state index >= 15 is 0 Å². The number of nitrogens with one attached hydrogen (secondary N) is 1. The van der Waals surface area contributed by atoms with Gasteiger partial charge < -0.3 is 16.3 Å². The quantitative estimate of drug-likeness (QED) is 0.293. The van der Waals surface area contributed by atoms with Crippen LogP contribution in [0.4, 0.5) is 0 Å². The predicted octanol–water partition coefficient (Wildman–Crippen LogP) is 0.0327. The standard InChI is InChI=1S/C11H18N4O2S/c1-8(18(2)17)6-13-7-9-3-4-14-10(5-9)11(12)15-16/h3-5,8,13,16H,6-7H2,1-2H3,(H2,12,15). The SMILES string of the molecule is CC(CNCc1ccnc(/C(N)=N/O)c1)S(C)=O. The van der Waals surface area contributed by atoms with Crippen LogP contribution in [0.3, 0.4) is 0 Å². The molecule has 7 heteroatoms. The van der Waals surface area contributed by atoms with Crippen molar-refractivity contribution in [2.45, 2.75) is 18.7 Å². The van der Waals surface area contributed by atoms with Gasteiger partial charge in [-0.3, -0.25) is 9.19 Å². The summed E-state index contributed by atoms with van der Waals surface area (Å²) in [6.07, 6.45) is 3.29. The van der Waals surface area contributed by atoms with Crippen LogP contribution in [0, 0.1) is 0 Å². The van der Waals surface area contributed by atoms with Gasteiger partial charge in [0.2, 0.25) is 0 Å². The Morgan fingerprint density at radius 2 is 2.44 bits per heavy atom. The lowest BCUT2D eigenvalue weighted by Gasteiger charge is -2.10. The number of oxime groups is 1. The van der Waals surface area contributed by atoms with Crippen molar-refractivity contribution in [3.63, 3.8) is 0 Å². The Hall–Kier alpha value is -1.47. The fraction of sp³-hybridized carbons (Fsp3) is 0.455. The molecule has 0 aliphatic heterocycles. The molecular formula is C11H18N4O2S. The zero-order chi connectivity index (χ0) is 13.5. The van der Waals surface area contributed by atoms with Gasteiger partial charge in [-0.15, -0.1) is 0 Å². The zero-order valence-corrected chi connectivity index (χ0v) is 11.3. The molecule has 6 nitrogen and oxygen atoms in total. The van der Waals surface area contributed by atoms with Crippen molar-refractivity contribution < 1.29 is 9.42 Å². The lowest BCUT2D eigenvalue weighted by Crippen LogP contribution is -2.27. The fourth-order valence-electron chi connectivity index (χ4n) is 1.31. The van der Waals surface area contributed by atoms with Crippen LogP contribution in [0.5, 0.6) is 0 Å². The molecule has 0 amide bonds. The molecule has 0 aliphatic carbocycles. The molecule has 0 aromatic carbocycles. The Labute approximate surface area is 109 Å². The predicted molar refractivity (Wildman–Crippen MR) is 72.0 cm³/mol. The third-order valence-corrected chi connectivity index (χ3v) is 3.82. The first-order valence-electron chi connectivity index (χ1n) is 5.50. The summed E-state index contributed by atoms with van der Waals surface area (Å²) in [5.41, 5.74) is 6.86. The van der Waals surface area contributed by atoms with Crippen molar-refractivity contribution >= 4 is 16.6 Å². The minimum absolute atomic E-state index is 0.0140. The lowest BCUT2D eigenvalue weighted by molar-refractivity contribution is 0.318. The van der Waals surface area contributed by atoms with E-state index in [9.17, 15) is 4.21 Å². The second kappa shape index (κ2) is 7.07. The maximum absolute atomic E-state index is 11.2. The van der Waals surface area contributed by atoms with E-state index in [1.165, 1.54) is 0 Å². The molecule has 0 bridgehead atoms. The first-order valence-corrected chi connectivity index (χ1v) is 7.12. The first-order chi connectivity index (χ1) is 8.54. The molecule has 0 saturated carbocycles. The van der Waals surface area contributed by atoms with Gasteiger partial charge in [0.25, 0.3) is 0 Å². The molecule has 1 heterocycles. The Balaban J connectivity index is 2.55. The van der Waals surface area contributed by atoms with Crippen molar-refractivity contribution in [2.24, 2.45) is 10.9 Å². The van der Waals surface area contributed by atoms with Gasteiger partial charge in [0.15, 0.2) is 5.84 Å². The summed E-state index contributed by atoms with van der Waals surface area (Å²) < 4.78 is 11.2. The second-order valence-electron chi connectivity index (χ2n) is 3.97. The highest BCUT2D eigenvalue weighted by atomic mass is 32.2. The minimum atomic E-state index is -0.828. The van der Waals surface area contributed by atoms with Gasteiger partial charge in [-0.2, -0.15) is 0 Å². The van der Waals surface area contributed by atoms with Gasteiger partial charge in [0.1, 0.15) is 5.69 Å². The molecule has 2 unspecified atom stereocenters. The van der Waals surface area contributed by atoms with Gasteiger partial charge in [0, 0.05) is 41.6 Å². The van der Waals surface area contributed by atoms with Crippen molar-refractivity contribution in [1.29, 1.82) is 0 Å². The maximum atomic E-state index is 11.2. The largest absolute Gasteiger partial charge is 0.409 e. The van der Waals surface area contributed by atoms with E-state index in [0.29, 0.717) is 18.8 Å². The molecule has 100 valence electrons. The van der Waals surface area contributed by atoms with Gasteiger partial charge in [-0.25, -0.2) is 0 Å². The lowest BCUT2D eigenvalue weighted by atomic mass is 10.2. The normalized spacial score (nSPS) is 15.3. The fourth-order valence-corrected chi connectivity index (χ4v) is 1.67. The molecule has 2 atom stereocenters. The highest BCUT2D eigenvalue weighted by Gasteiger charge is 2.06. The summed E-state index contributed by atoms with van der Waals surface area (Å²) in [6, 6.07) is 3.59. The summed E-state index contributed by atoms with van der Waals surface area (Å²) in [6.45, 7) is 3.22. The summed E-state index contributed by atoms with van der Waals surface area (Å²) in [4.78, 5) is 3.99. The molecule has 0 fully saturated rings. The van der Waals surface area contributed by atoms with Gasteiger partial charge in [-0.05, 0) is 24.6 Å². The molecule has 0 spiro atoms. The highest BCUT2D eigenvalue weighted by Crippen LogP contribution is 2.02. The second-order valence-corrected chi connectivity index (χ2v) is 5.78. The van der Waals surface area contributed by atoms with E-state index in [1.807, 2.05) is 13.0 Å². The number of hydrogen-bond donors (Lipinski definition) is 3. The smallest absolute Gasteiger partial charge is 0.188 e. The van der Waals surface area contributed by atoms with E-state index in [4.69, 9.17) is 10.9 Å². The van der Waals surface area contributed by atoms with Gasteiger partial charge >= 0.3 is 0 Å². The number of amidine groups is 1. The molecule has 0 radical (unpaired) electrons. The summed E-state index contributed by atoms with van der Waals surface area (Å²) in [5, 5.41) is 14.8. The molecule has 4 N–H and O–H groups in total. The molecule has 1 rings (SSSR count). The number of hydrogen-bond acceptors (Lipinski definition) is 5. The van der Waals surface area contributed by atoms with Crippen LogP contribution >= 0.6 is 0 Å². The molecule has 18 heavy (non-hydrogen) atoms. The Bertz CT molecular complexity index is 450. The van der Waals surface area contributed by atoms with Crippen LogP contribution in [0.15, 0.2) is 23.5 Å². The molecule has 1 aromatic rings. The number of pyridine rings is 1. The average Bonchev–Trinajstić information content (AvgIpc) is 2.37.